The second-order valence-electron chi connectivity index (χ2n) is 12.6. The molecule has 3 aliphatic rings. The van der Waals surface area contributed by atoms with Crippen molar-refractivity contribution in [3.8, 4) is 0 Å². The molecule has 2 aliphatic carbocycles. The molecular formula is C27H42F2N4O6. The highest BCUT2D eigenvalue weighted by Crippen LogP contribution is 2.48. The summed E-state index contributed by atoms with van der Waals surface area (Å²) in [6.07, 6.45) is 3.45. The molecule has 0 aromatic rings. The zero-order chi connectivity index (χ0) is 29.2. The van der Waals surface area contributed by atoms with Crippen molar-refractivity contribution in [2.45, 2.75) is 116 Å². The van der Waals surface area contributed by atoms with Crippen LogP contribution in [0, 0.1) is 10.8 Å². The fourth-order valence-corrected chi connectivity index (χ4v) is 5.58. The Balaban J connectivity index is 1.85. The van der Waals surface area contributed by atoms with Crippen LogP contribution in [0.2, 0.25) is 0 Å². The van der Waals surface area contributed by atoms with Gasteiger partial charge in [0.25, 0.3) is 5.91 Å². The van der Waals surface area contributed by atoms with Gasteiger partial charge in [-0.3, -0.25) is 19.2 Å². The Bertz CT molecular complexity index is 966. The summed E-state index contributed by atoms with van der Waals surface area (Å²) in [5.74, 6) is -6.13. The molecule has 10 nitrogen and oxygen atoms in total. The third kappa shape index (κ3) is 8.11. The van der Waals surface area contributed by atoms with Crippen LogP contribution in [0.3, 0.4) is 0 Å². The predicted molar refractivity (Wildman–Crippen MR) is 138 cm³/mol. The molecule has 1 heterocycles. The number of nitrogens with one attached hydrogen (secondary N) is 3. The third-order valence-electron chi connectivity index (χ3n) is 7.96. The number of halogens is 2. The van der Waals surface area contributed by atoms with E-state index in [-0.39, 0.29) is 11.5 Å². The average molecular weight is 557 g/mol. The Labute approximate surface area is 228 Å². The van der Waals surface area contributed by atoms with Gasteiger partial charge in [0, 0.05) is 19.0 Å². The fourth-order valence-electron chi connectivity index (χ4n) is 5.58. The van der Waals surface area contributed by atoms with Crippen molar-refractivity contribution in [1.82, 2.24) is 20.9 Å². The molecular weight excluding hydrogens is 514 g/mol. The van der Waals surface area contributed by atoms with Gasteiger partial charge in [-0.2, -0.15) is 0 Å². The van der Waals surface area contributed by atoms with Gasteiger partial charge in [-0.15, -0.1) is 0 Å². The number of likely N-dealkylation sites (tertiary alicyclic amines) is 1. The van der Waals surface area contributed by atoms with E-state index >= 15 is 0 Å². The molecule has 3 fully saturated rings. The van der Waals surface area contributed by atoms with E-state index < -0.39 is 71.9 Å². The van der Waals surface area contributed by atoms with Gasteiger partial charge in [0.2, 0.25) is 23.5 Å². The van der Waals surface area contributed by atoms with Gasteiger partial charge in [-0.25, -0.2) is 13.6 Å². The number of nitrogens with zero attached hydrogens (tertiary/aromatic N) is 1. The predicted octanol–water partition coefficient (Wildman–Crippen LogP) is 2.69. The van der Waals surface area contributed by atoms with Gasteiger partial charge in [0.05, 0.1) is 13.2 Å². The lowest BCUT2D eigenvalue weighted by atomic mass is 9.83. The molecule has 3 rings (SSSR count). The number of alkyl halides is 2. The lowest BCUT2D eigenvalue weighted by Gasteiger charge is -2.35. The molecule has 1 spiro atoms. The minimum atomic E-state index is -3.10. The molecule has 1 saturated heterocycles. The first-order valence-corrected chi connectivity index (χ1v) is 13.7. The quantitative estimate of drug-likeness (QED) is 0.354. The first-order chi connectivity index (χ1) is 18.0. The van der Waals surface area contributed by atoms with Crippen LogP contribution in [-0.2, 0) is 23.9 Å². The Morgan fingerprint density at radius 3 is 2.15 bits per heavy atom. The number of Topliss-reactive ketones (excluding diaryl/α,β-unsaturated/α-hetero) is 1. The first kappa shape index (κ1) is 30.7. The summed E-state index contributed by atoms with van der Waals surface area (Å²) in [6.45, 7) is 6.34. The summed E-state index contributed by atoms with van der Waals surface area (Å²) < 4.78 is 32.1. The minimum Gasteiger partial charge on any atom is -0.453 e. The van der Waals surface area contributed by atoms with Gasteiger partial charge in [-0.1, -0.05) is 33.6 Å². The molecule has 1 aliphatic heterocycles. The van der Waals surface area contributed by atoms with Gasteiger partial charge in [0.15, 0.2) is 0 Å². The summed E-state index contributed by atoms with van der Waals surface area (Å²) in [5.41, 5.74) is -1.01. The number of methoxy groups -OCH3 is 1. The van der Waals surface area contributed by atoms with Gasteiger partial charge in [0.1, 0.15) is 12.1 Å². The molecule has 0 bridgehead atoms. The Morgan fingerprint density at radius 1 is 1.03 bits per heavy atom. The zero-order valence-corrected chi connectivity index (χ0v) is 23.5. The number of hydrogen-bond acceptors (Lipinski definition) is 6. The van der Waals surface area contributed by atoms with Crippen molar-refractivity contribution in [1.29, 1.82) is 0 Å². The van der Waals surface area contributed by atoms with Gasteiger partial charge >= 0.3 is 6.09 Å². The molecule has 4 amide bonds. The molecule has 3 N–H and O–H groups in total. The molecule has 0 radical (unpaired) electrons. The molecule has 220 valence electrons. The van der Waals surface area contributed by atoms with Crippen molar-refractivity contribution in [2.24, 2.45) is 10.8 Å². The third-order valence-corrected chi connectivity index (χ3v) is 7.96. The van der Waals surface area contributed by atoms with E-state index in [1.807, 2.05) is 0 Å². The molecule has 0 aromatic carbocycles. The largest absolute Gasteiger partial charge is 0.453 e. The number of carbonyl (C=O) groups is 5. The van der Waals surface area contributed by atoms with Crippen LogP contribution in [0.1, 0.15) is 85.5 Å². The molecule has 0 aromatic heterocycles. The van der Waals surface area contributed by atoms with E-state index in [4.69, 9.17) is 4.74 Å². The van der Waals surface area contributed by atoms with Crippen LogP contribution in [0.4, 0.5) is 13.6 Å². The number of amides is 4. The molecule has 39 heavy (non-hydrogen) atoms. The normalized spacial score (nSPS) is 22.2. The van der Waals surface area contributed by atoms with E-state index in [1.54, 1.807) is 20.8 Å². The summed E-state index contributed by atoms with van der Waals surface area (Å²) >= 11 is 0. The van der Waals surface area contributed by atoms with E-state index in [1.165, 1.54) is 12.0 Å². The number of alkyl carbamates (subject to hydrolysis) is 1. The highest BCUT2D eigenvalue weighted by atomic mass is 19.3. The number of carbonyl (C=O) groups excluding carboxylic acids is 5. The second kappa shape index (κ2) is 11.8. The van der Waals surface area contributed by atoms with Crippen LogP contribution in [-0.4, -0.2) is 78.2 Å². The molecule has 0 unspecified atom stereocenters. The van der Waals surface area contributed by atoms with Crippen molar-refractivity contribution in [3.63, 3.8) is 0 Å². The van der Waals surface area contributed by atoms with Crippen molar-refractivity contribution >= 4 is 29.6 Å². The van der Waals surface area contributed by atoms with Crippen LogP contribution in [0.5, 0.6) is 0 Å². The SMILES string of the molecule is COC(=O)N[C@H](C(=O)N1CC2(CCCC2)C[C@H]1C(=O)N[C@@H](CCC(C)(F)F)C(=O)C(=O)NC1CC1)C(C)(C)C. The van der Waals surface area contributed by atoms with Gasteiger partial charge in [-0.05, 0) is 56.3 Å². The topological polar surface area (TPSA) is 134 Å². The summed E-state index contributed by atoms with van der Waals surface area (Å²) in [6, 6.07) is -3.56. The lowest BCUT2D eigenvalue weighted by molar-refractivity contribution is -0.144. The Hall–Kier alpha value is -2.79. The van der Waals surface area contributed by atoms with Crippen molar-refractivity contribution in [2.75, 3.05) is 13.7 Å². The van der Waals surface area contributed by atoms with E-state index in [2.05, 4.69) is 16.0 Å². The lowest BCUT2D eigenvalue weighted by Crippen LogP contribution is -2.59. The molecule has 12 heteroatoms. The van der Waals surface area contributed by atoms with Crippen molar-refractivity contribution < 1.29 is 37.5 Å². The van der Waals surface area contributed by atoms with Crippen LogP contribution >= 0.6 is 0 Å². The van der Waals surface area contributed by atoms with Crippen LogP contribution in [0.25, 0.3) is 0 Å². The summed E-state index contributed by atoms with van der Waals surface area (Å²) in [5, 5.41) is 7.67. The standard InChI is InChI=1S/C27H42F2N4O6/c1-25(2,3)20(32-24(38)39-5)23(37)33-15-27(11-6-7-12-27)14-18(33)21(35)31-17(10-13-26(4,28)29)19(34)22(36)30-16-8-9-16/h16-18,20H,6-15H2,1-5H3,(H,30,36)(H,31,35)(H,32,38)/t17-,18-,20+/m0/s1. The molecule has 2 saturated carbocycles. The highest BCUT2D eigenvalue weighted by Gasteiger charge is 2.52. The number of ether oxygens (including phenoxy) is 1. The Morgan fingerprint density at radius 2 is 1.64 bits per heavy atom. The first-order valence-electron chi connectivity index (χ1n) is 13.7. The summed E-state index contributed by atoms with van der Waals surface area (Å²) in [7, 11) is 1.19. The maximum absolute atomic E-state index is 13.9. The number of rotatable bonds is 10. The summed E-state index contributed by atoms with van der Waals surface area (Å²) in [4.78, 5) is 66.4. The van der Waals surface area contributed by atoms with E-state index in [0.717, 1.165) is 38.5 Å². The van der Waals surface area contributed by atoms with Gasteiger partial charge < -0.3 is 25.6 Å². The second-order valence-corrected chi connectivity index (χ2v) is 12.6. The Kier molecular flexibility index (Phi) is 9.27. The van der Waals surface area contributed by atoms with Crippen molar-refractivity contribution in [3.05, 3.63) is 0 Å². The maximum atomic E-state index is 13.9. The maximum Gasteiger partial charge on any atom is 0.407 e. The van der Waals surface area contributed by atoms with E-state index in [0.29, 0.717) is 19.9 Å². The fraction of sp³-hybridized carbons (Fsp3) is 0.815. The highest BCUT2D eigenvalue weighted by molar-refractivity contribution is 6.38. The monoisotopic (exact) mass is 556 g/mol. The zero-order valence-electron chi connectivity index (χ0n) is 23.5. The van der Waals surface area contributed by atoms with Crippen LogP contribution < -0.4 is 16.0 Å². The van der Waals surface area contributed by atoms with Crippen LogP contribution in [0.15, 0.2) is 0 Å². The number of hydrogen-bond donors (Lipinski definition) is 3. The minimum absolute atomic E-state index is 0.118. The average Bonchev–Trinajstić information content (AvgIpc) is 3.40. The number of ketones is 1. The smallest absolute Gasteiger partial charge is 0.407 e. The van der Waals surface area contributed by atoms with E-state index in [9.17, 15) is 32.8 Å². The molecule has 3 atom stereocenters.